The molecule has 2 heterocycles. The topological polar surface area (TPSA) is 38.5 Å². The number of nitrogens with two attached hydrogens (primary N) is 1. The summed E-state index contributed by atoms with van der Waals surface area (Å²) in [6.07, 6.45) is 4.62. The van der Waals surface area contributed by atoms with Crippen molar-refractivity contribution in [2.75, 3.05) is 26.2 Å². The predicted molar refractivity (Wildman–Crippen MR) is 77.7 cm³/mol. The van der Waals surface area contributed by atoms with Crippen LogP contribution in [-0.4, -0.2) is 31.1 Å². The largest absolute Gasteiger partial charge is 0.493 e. The average Bonchev–Trinajstić information content (AvgIpc) is 2.89. The normalized spacial score (nSPS) is 27.7. The number of hydrogen-bond donors (Lipinski definition) is 1. The van der Waals surface area contributed by atoms with E-state index in [9.17, 15) is 0 Å². The van der Waals surface area contributed by atoms with Gasteiger partial charge in [-0.2, -0.15) is 0 Å². The second-order valence-corrected chi connectivity index (χ2v) is 5.96. The number of fused-ring (bicyclic) bond motifs is 1. The monoisotopic (exact) mass is 280 g/mol. The van der Waals surface area contributed by atoms with E-state index in [1.54, 1.807) is 0 Å². The third kappa shape index (κ3) is 2.24. The first-order chi connectivity index (χ1) is 9.26. The molecule has 0 aromatic heterocycles. The van der Waals surface area contributed by atoms with Crippen LogP contribution in [0.3, 0.4) is 0 Å². The van der Waals surface area contributed by atoms with E-state index in [1.165, 1.54) is 18.4 Å². The summed E-state index contributed by atoms with van der Waals surface area (Å²) in [5.41, 5.74) is 7.30. The minimum absolute atomic E-state index is 0.0900. The summed E-state index contributed by atoms with van der Waals surface area (Å²) < 4.78 is 5.88. The molecule has 1 fully saturated rings. The first kappa shape index (κ1) is 13.2. The molecule has 1 aromatic rings. The Morgan fingerprint density at radius 3 is 2.79 bits per heavy atom. The molecular weight excluding hydrogens is 260 g/mol. The van der Waals surface area contributed by atoms with E-state index in [-0.39, 0.29) is 5.54 Å². The summed E-state index contributed by atoms with van der Waals surface area (Å²) in [6, 6.07) is 5.94. The maximum Gasteiger partial charge on any atom is 0.124 e. The van der Waals surface area contributed by atoms with E-state index < -0.39 is 0 Å². The van der Waals surface area contributed by atoms with Crippen LogP contribution in [0.25, 0.3) is 0 Å². The quantitative estimate of drug-likeness (QED) is 0.905. The average molecular weight is 281 g/mol. The summed E-state index contributed by atoms with van der Waals surface area (Å²) >= 11 is 6.21. The summed E-state index contributed by atoms with van der Waals surface area (Å²) in [4.78, 5) is 2.54. The van der Waals surface area contributed by atoms with Gasteiger partial charge in [0, 0.05) is 17.1 Å². The first-order valence-corrected chi connectivity index (χ1v) is 7.52. The highest BCUT2D eigenvalue weighted by atomic mass is 35.5. The Labute approximate surface area is 119 Å². The summed E-state index contributed by atoms with van der Waals surface area (Å²) in [5, 5.41) is 0.765. The third-order valence-electron chi connectivity index (χ3n) is 4.48. The lowest BCUT2D eigenvalue weighted by molar-refractivity contribution is 0.112. The van der Waals surface area contributed by atoms with Crippen LogP contribution in [-0.2, 0) is 5.54 Å². The van der Waals surface area contributed by atoms with Crippen molar-refractivity contribution in [2.45, 2.75) is 31.2 Å². The van der Waals surface area contributed by atoms with Crippen LogP contribution in [0, 0.1) is 0 Å². The number of nitrogens with zero attached hydrogens (tertiary/aromatic N) is 1. The number of ether oxygens (including phenoxy) is 1. The van der Waals surface area contributed by atoms with E-state index in [2.05, 4.69) is 4.90 Å². The minimum atomic E-state index is -0.0900. The van der Waals surface area contributed by atoms with Crippen molar-refractivity contribution in [2.24, 2.45) is 5.73 Å². The van der Waals surface area contributed by atoms with Crippen molar-refractivity contribution in [1.29, 1.82) is 0 Å². The molecule has 0 amide bonds. The molecular formula is C15H21ClN2O. The highest BCUT2D eigenvalue weighted by Crippen LogP contribution is 2.42. The summed E-state index contributed by atoms with van der Waals surface area (Å²) in [7, 11) is 0. The second-order valence-electron chi connectivity index (χ2n) is 5.52. The molecule has 1 atom stereocenters. The van der Waals surface area contributed by atoms with Crippen molar-refractivity contribution in [1.82, 2.24) is 4.90 Å². The van der Waals surface area contributed by atoms with Crippen LogP contribution in [0.2, 0.25) is 5.02 Å². The van der Waals surface area contributed by atoms with Gasteiger partial charge in [0.2, 0.25) is 0 Å². The molecule has 0 radical (unpaired) electrons. The molecule has 1 saturated heterocycles. The molecule has 19 heavy (non-hydrogen) atoms. The SMILES string of the molecule is NCC1(N2CCCC2)CCCOc2ccc(Cl)cc21. The molecule has 0 spiro atoms. The van der Waals surface area contributed by atoms with E-state index in [0.29, 0.717) is 6.54 Å². The lowest BCUT2D eigenvalue weighted by atomic mass is 9.83. The molecule has 1 unspecified atom stereocenters. The molecule has 104 valence electrons. The molecule has 1 aromatic carbocycles. The highest BCUT2D eigenvalue weighted by molar-refractivity contribution is 6.30. The maximum absolute atomic E-state index is 6.21. The minimum Gasteiger partial charge on any atom is -0.493 e. The van der Waals surface area contributed by atoms with Gasteiger partial charge in [-0.25, -0.2) is 0 Å². The van der Waals surface area contributed by atoms with Gasteiger partial charge in [-0.15, -0.1) is 0 Å². The van der Waals surface area contributed by atoms with Crippen molar-refractivity contribution in [3.8, 4) is 5.75 Å². The van der Waals surface area contributed by atoms with E-state index in [1.807, 2.05) is 18.2 Å². The zero-order valence-electron chi connectivity index (χ0n) is 11.2. The Balaban J connectivity index is 2.10. The van der Waals surface area contributed by atoms with E-state index in [4.69, 9.17) is 22.1 Å². The third-order valence-corrected chi connectivity index (χ3v) is 4.72. The summed E-state index contributed by atoms with van der Waals surface area (Å²) in [5.74, 6) is 0.958. The Bertz CT molecular complexity index is 459. The molecule has 2 N–H and O–H groups in total. The molecule has 4 heteroatoms. The van der Waals surface area contributed by atoms with E-state index in [0.717, 1.165) is 43.3 Å². The van der Waals surface area contributed by atoms with Crippen LogP contribution in [0.4, 0.5) is 0 Å². The number of halogens is 1. The lowest BCUT2D eigenvalue weighted by Crippen LogP contribution is -2.49. The summed E-state index contributed by atoms with van der Waals surface area (Å²) in [6.45, 7) is 3.65. The first-order valence-electron chi connectivity index (χ1n) is 7.14. The molecule has 2 aliphatic rings. The molecule has 0 aliphatic carbocycles. The number of benzene rings is 1. The number of hydrogen-bond acceptors (Lipinski definition) is 3. The molecule has 3 nitrogen and oxygen atoms in total. The van der Waals surface area contributed by atoms with Crippen LogP contribution in [0.1, 0.15) is 31.2 Å². The van der Waals surface area contributed by atoms with Crippen molar-refractivity contribution < 1.29 is 4.74 Å². The molecule has 0 bridgehead atoms. The van der Waals surface area contributed by atoms with Crippen LogP contribution in [0.5, 0.6) is 5.75 Å². The molecule has 3 rings (SSSR count). The fourth-order valence-corrected chi connectivity index (χ4v) is 3.66. The van der Waals surface area contributed by atoms with Gasteiger partial charge in [0.15, 0.2) is 0 Å². The molecule has 0 saturated carbocycles. The van der Waals surface area contributed by atoms with Crippen molar-refractivity contribution in [3.05, 3.63) is 28.8 Å². The lowest BCUT2D eigenvalue weighted by Gasteiger charge is -2.41. The van der Waals surface area contributed by atoms with Gasteiger partial charge in [0.05, 0.1) is 12.1 Å². The van der Waals surface area contributed by atoms with Gasteiger partial charge >= 0.3 is 0 Å². The van der Waals surface area contributed by atoms with Crippen LogP contribution < -0.4 is 10.5 Å². The van der Waals surface area contributed by atoms with Gasteiger partial charge < -0.3 is 10.5 Å². The van der Waals surface area contributed by atoms with Gasteiger partial charge in [-0.1, -0.05) is 11.6 Å². The standard InChI is InChI=1S/C15H21ClN2O/c16-12-4-5-14-13(10-12)15(11-17,6-3-9-19-14)18-7-1-2-8-18/h4-5,10H,1-3,6-9,11,17H2. The maximum atomic E-state index is 6.21. The Morgan fingerprint density at radius 2 is 2.05 bits per heavy atom. The Morgan fingerprint density at radius 1 is 1.26 bits per heavy atom. The van der Waals surface area contributed by atoms with Crippen molar-refractivity contribution in [3.63, 3.8) is 0 Å². The second kappa shape index (κ2) is 5.31. The van der Waals surface area contributed by atoms with Crippen molar-refractivity contribution >= 4 is 11.6 Å². The van der Waals surface area contributed by atoms with Gasteiger partial charge in [-0.3, -0.25) is 4.90 Å². The zero-order valence-corrected chi connectivity index (χ0v) is 12.0. The van der Waals surface area contributed by atoms with E-state index >= 15 is 0 Å². The van der Waals surface area contributed by atoms with Gasteiger partial charge in [0.1, 0.15) is 5.75 Å². The molecule has 2 aliphatic heterocycles. The zero-order chi connectivity index (χ0) is 13.3. The smallest absolute Gasteiger partial charge is 0.124 e. The predicted octanol–water partition coefficient (Wildman–Crippen LogP) is 2.76. The Hall–Kier alpha value is -0.770. The van der Waals surface area contributed by atoms with Gasteiger partial charge in [0.25, 0.3) is 0 Å². The number of rotatable bonds is 2. The number of likely N-dealkylation sites (tertiary alicyclic amines) is 1. The van der Waals surface area contributed by atoms with Crippen LogP contribution >= 0.6 is 11.6 Å². The fraction of sp³-hybridized carbons (Fsp3) is 0.600. The fourth-order valence-electron chi connectivity index (χ4n) is 3.49. The van der Waals surface area contributed by atoms with Gasteiger partial charge in [-0.05, 0) is 57.0 Å². The Kier molecular flexibility index (Phi) is 3.70. The highest BCUT2D eigenvalue weighted by Gasteiger charge is 2.41. The van der Waals surface area contributed by atoms with Crippen LogP contribution in [0.15, 0.2) is 18.2 Å².